The molecule has 0 saturated heterocycles. The molecular formula is C26H16FN7OS. The van der Waals surface area contributed by atoms with Gasteiger partial charge in [0.15, 0.2) is 11.5 Å². The van der Waals surface area contributed by atoms with Gasteiger partial charge in [0.05, 0.1) is 39.8 Å². The summed E-state index contributed by atoms with van der Waals surface area (Å²) in [5, 5.41) is 8.95. The number of carbonyl (C=O) groups excluding carboxylic acids is 1. The maximum Gasteiger partial charge on any atom is 0.235 e. The number of carbonyl (C=O) groups is 1. The Labute approximate surface area is 205 Å². The molecule has 0 atom stereocenters. The van der Waals surface area contributed by atoms with Crippen LogP contribution in [0, 0.1) is 11.7 Å². The van der Waals surface area contributed by atoms with Crippen molar-refractivity contribution in [2.75, 3.05) is 0 Å². The third kappa shape index (κ3) is 2.75. The molecule has 0 unspecified atom stereocenters. The minimum atomic E-state index is -0.524. The number of hydrogen-bond donors (Lipinski definition) is 2. The molecule has 1 aliphatic rings. The zero-order chi connectivity index (χ0) is 24.0. The Bertz CT molecular complexity index is 2110. The fourth-order valence-corrected chi connectivity index (χ4v) is 5.90. The van der Waals surface area contributed by atoms with Crippen molar-refractivity contribution in [1.82, 2.24) is 34.7 Å². The second-order valence-corrected chi connectivity index (χ2v) is 10.1. The smallest absolute Gasteiger partial charge is 0.235 e. The van der Waals surface area contributed by atoms with Gasteiger partial charge in [-0.3, -0.25) is 24.4 Å². The monoisotopic (exact) mass is 493 g/mol. The van der Waals surface area contributed by atoms with Gasteiger partial charge in [0.2, 0.25) is 5.91 Å². The third-order valence-corrected chi connectivity index (χ3v) is 7.87. The Morgan fingerprint density at radius 3 is 2.86 bits per heavy atom. The Hall–Kier alpha value is -4.44. The second kappa shape index (κ2) is 7.05. The fraction of sp³-hybridized carbons (Fsp3) is 0.115. The Morgan fingerprint density at radius 2 is 1.97 bits per heavy atom. The molecule has 7 aromatic rings. The van der Waals surface area contributed by atoms with Crippen molar-refractivity contribution in [3.8, 4) is 0 Å². The lowest BCUT2D eigenvalue weighted by Crippen LogP contribution is -2.12. The summed E-state index contributed by atoms with van der Waals surface area (Å²) in [6.07, 6.45) is 6.49. The van der Waals surface area contributed by atoms with E-state index >= 15 is 4.39 Å². The number of imidazole rings is 1. The maximum atomic E-state index is 16.0. The number of thiophene rings is 1. The van der Waals surface area contributed by atoms with E-state index in [2.05, 4.69) is 25.1 Å². The molecule has 0 radical (unpaired) electrons. The molecule has 1 saturated carbocycles. The van der Waals surface area contributed by atoms with Gasteiger partial charge in [-0.05, 0) is 37.1 Å². The van der Waals surface area contributed by atoms with E-state index in [1.807, 2.05) is 30.3 Å². The largest absolute Gasteiger partial charge is 0.337 e. The fourth-order valence-electron chi connectivity index (χ4n) is 4.84. The average molecular weight is 494 g/mol. The van der Waals surface area contributed by atoms with Crippen LogP contribution >= 0.6 is 11.3 Å². The molecule has 8 bridgehead atoms. The first-order valence-electron chi connectivity index (χ1n) is 11.6. The van der Waals surface area contributed by atoms with Gasteiger partial charge in [-0.2, -0.15) is 5.10 Å². The van der Waals surface area contributed by atoms with Crippen LogP contribution in [-0.2, 0) is 0 Å². The molecule has 0 amide bonds. The summed E-state index contributed by atoms with van der Waals surface area (Å²) >= 11 is 1.51. The lowest BCUT2D eigenvalue weighted by Gasteiger charge is -2.07. The molecular weight excluding hydrogens is 477 g/mol. The van der Waals surface area contributed by atoms with Crippen molar-refractivity contribution in [2.45, 2.75) is 12.8 Å². The summed E-state index contributed by atoms with van der Waals surface area (Å²) < 4.78 is 18.7. The summed E-state index contributed by atoms with van der Waals surface area (Å²) in [5.41, 5.74) is 3.60. The van der Waals surface area contributed by atoms with E-state index in [0.29, 0.717) is 33.0 Å². The number of aromatic nitrogens is 7. The van der Waals surface area contributed by atoms with Gasteiger partial charge in [-0.1, -0.05) is 12.1 Å². The number of rotatable bonds is 1. The van der Waals surface area contributed by atoms with Gasteiger partial charge in [0.1, 0.15) is 15.9 Å². The van der Waals surface area contributed by atoms with Crippen LogP contribution in [0.5, 0.6) is 0 Å². The lowest BCUT2D eigenvalue weighted by atomic mass is 10.2. The quantitative estimate of drug-likeness (QED) is 0.291. The number of halogens is 1. The topological polar surface area (TPSA) is 105 Å². The molecule has 6 aromatic heterocycles. The third-order valence-electron chi connectivity index (χ3n) is 6.76. The number of nitrogens with zero attached hydrogens (tertiary/aromatic N) is 5. The van der Waals surface area contributed by atoms with Crippen molar-refractivity contribution in [1.29, 1.82) is 0 Å². The van der Waals surface area contributed by atoms with Crippen LogP contribution in [-0.4, -0.2) is 40.6 Å². The minimum Gasteiger partial charge on any atom is -0.337 e. The van der Waals surface area contributed by atoms with E-state index < -0.39 is 5.82 Å². The predicted octanol–water partition coefficient (Wildman–Crippen LogP) is 6.02. The van der Waals surface area contributed by atoms with Gasteiger partial charge >= 0.3 is 0 Å². The standard InChI is InChI=1S/C26H16FN7OS/c27-21-20-17-11-29-22(21)13-8-14(10-28-9-13)34(26(35)12-4-5-12)19-7-6-18(36-19)15-2-1-3-16-23(15)31-25(30-16)24(20)33-32-17/h1-3,6-12H,4-5H2,(H,30,31)(H,32,33). The molecule has 0 aliphatic heterocycles. The van der Waals surface area contributed by atoms with E-state index in [9.17, 15) is 4.79 Å². The second-order valence-electron chi connectivity index (χ2n) is 9.09. The molecule has 36 heavy (non-hydrogen) atoms. The summed E-state index contributed by atoms with van der Waals surface area (Å²) in [5.74, 6) is -0.519. The highest BCUT2D eigenvalue weighted by Gasteiger charge is 2.31. The van der Waals surface area contributed by atoms with Crippen molar-refractivity contribution in [2.24, 2.45) is 5.92 Å². The van der Waals surface area contributed by atoms with Crippen molar-refractivity contribution < 1.29 is 9.18 Å². The normalized spacial score (nSPS) is 14.0. The minimum absolute atomic E-state index is 0.0154. The Morgan fingerprint density at radius 1 is 1.06 bits per heavy atom. The SMILES string of the molecule is O=C(C1CC1)n1c2cncc(c2)c2ncc3[nH]nc(c4nc5c(cccc5c5ccc1s5)[nH]4)c3c2F. The van der Waals surface area contributed by atoms with E-state index in [1.165, 1.54) is 11.3 Å². The molecule has 0 spiro atoms. The molecule has 6 heterocycles. The molecule has 1 aliphatic carbocycles. The first-order valence-corrected chi connectivity index (χ1v) is 12.4. The average Bonchev–Trinajstić information content (AvgIpc) is 3.26. The van der Waals surface area contributed by atoms with Gasteiger partial charge in [-0.15, -0.1) is 11.3 Å². The van der Waals surface area contributed by atoms with Crippen LogP contribution in [0.4, 0.5) is 4.39 Å². The number of benzene rings is 1. The van der Waals surface area contributed by atoms with Gasteiger partial charge in [-0.25, -0.2) is 9.37 Å². The summed E-state index contributed by atoms with van der Waals surface area (Å²) in [6, 6.07) is 11.6. The van der Waals surface area contributed by atoms with Gasteiger partial charge < -0.3 is 4.98 Å². The van der Waals surface area contributed by atoms with Crippen LogP contribution < -0.4 is 0 Å². The van der Waals surface area contributed by atoms with Crippen LogP contribution in [0.15, 0.2) is 55.0 Å². The molecule has 2 N–H and O–H groups in total. The molecule has 8 rings (SSSR count). The van der Waals surface area contributed by atoms with Crippen molar-refractivity contribution in [3.05, 3.63) is 60.8 Å². The summed E-state index contributed by atoms with van der Waals surface area (Å²) in [7, 11) is 0. The maximum absolute atomic E-state index is 16.0. The number of para-hydroxylation sites is 1. The van der Waals surface area contributed by atoms with E-state index in [4.69, 9.17) is 4.98 Å². The number of pyridine rings is 2. The zero-order valence-corrected chi connectivity index (χ0v) is 19.4. The van der Waals surface area contributed by atoms with Gasteiger partial charge in [0.25, 0.3) is 0 Å². The summed E-state index contributed by atoms with van der Waals surface area (Å²) in [6.45, 7) is 0. The zero-order valence-electron chi connectivity index (χ0n) is 18.6. The van der Waals surface area contributed by atoms with E-state index in [-0.39, 0.29) is 17.3 Å². The highest BCUT2D eigenvalue weighted by atomic mass is 32.1. The van der Waals surface area contributed by atoms with E-state index in [0.717, 1.165) is 38.8 Å². The van der Waals surface area contributed by atoms with E-state index in [1.54, 1.807) is 29.2 Å². The Balaban J connectivity index is 1.67. The van der Waals surface area contributed by atoms with Gasteiger partial charge in [0, 0.05) is 27.6 Å². The highest BCUT2D eigenvalue weighted by molar-refractivity contribution is 7.24. The highest BCUT2D eigenvalue weighted by Crippen LogP contribution is 2.35. The molecule has 10 heteroatoms. The molecule has 1 fully saturated rings. The van der Waals surface area contributed by atoms with Crippen molar-refractivity contribution in [3.63, 3.8) is 0 Å². The van der Waals surface area contributed by atoms with Crippen molar-refractivity contribution >= 4 is 81.7 Å². The lowest BCUT2D eigenvalue weighted by molar-refractivity contribution is 0.0896. The predicted molar refractivity (Wildman–Crippen MR) is 138 cm³/mol. The number of H-pyrrole nitrogens is 2. The molecule has 8 nitrogen and oxygen atoms in total. The first-order chi connectivity index (χ1) is 17.7. The summed E-state index contributed by atoms with van der Waals surface area (Å²) in [4.78, 5) is 31.1. The molecule has 1 aromatic carbocycles. The van der Waals surface area contributed by atoms with Crippen LogP contribution in [0.2, 0.25) is 0 Å². The number of fused-ring (bicyclic) bond motifs is 9. The number of aromatic amines is 2. The number of nitrogens with one attached hydrogen (secondary N) is 2. The van der Waals surface area contributed by atoms with Crippen LogP contribution in [0.25, 0.3) is 64.4 Å². The molecule has 174 valence electrons. The first kappa shape index (κ1) is 19.8. The van der Waals surface area contributed by atoms with Crippen LogP contribution in [0.1, 0.15) is 17.6 Å². The number of hydrogen-bond acceptors (Lipinski definition) is 6. The Kier molecular flexibility index (Phi) is 3.88. The van der Waals surface area contributed by atoms with Crippen LogP contribution in [0.3, 0.4) is 0 Å².